The van der Waals surface area contributed by atoms with E-state index in [1.807, 2.05) is 6.92 Å². The van der Waals surface area contributed by atoms with Crippen molar-refractivity contribution in [3.05, 3.63) is 52.8 Å². The number of carbonyl (C=O) groups is 2. The number of rotatable bonds is 10. The number of nitrogens with zero attached hydrogens (tertiary/aromatic N) is 3. The molecule has 2 aromatic rings. The maximum absolute atomic E-state index is 14.9. The van der Waals surface area contributed by atoms with Crippen molar-refractivity contribution in [3.8, 4) is 0 Å². The normalized spacial score (nSPS) is 20.9. The van der Waals surface area contributed by atoms with E-state index in [4.69, 9.17) is 14.2 Å². The Bertz CT molecular complexity index is 1070. The second kappa shape index (κ2) is 11.8. The van der Waals surface area contributed by atoms with Gasteiger partial charge in [-0.2, -0.15) is 8.78 Å². The molecule has 3 heterocycles. The van der Waals surface area contributed by atoms with Crippen molar-refractivity contribution < 1.29 is 37.7 Å². The van der Waals surface area contributed by atoms with Crippen molar-refractivity contribution in [1.82, 2.24) is 14.5 Å². The van der Waals surface area contributed by atoms with Gasteiger partial charge < -0.3 is 19.3 Å². The Morgan fingerprint density at radius 3 is 2.80 bits per heavy atom. The van der Waals surface area contributed by atoms with Crippen LogP contribution in [-0.2, 0) is 25.4 Å². The number of ether oxygens (including phenoxy) is 3. The van der Waals surface area contributed by atoms with Crippen LogP contribution in [0, 0.1) is 0 Å². The van der Waals surface area contributed by atoms with Crippen LogP contribution in [0.4, 0.5) is 19.4 Å². The van der Waals surface area contributed by atoms with E-state index in [0.29, 0.717) is 17.4 Å². The Kier molecular flexibility index (Phi) is 8.82. The molecule has 0 unspecified atom stereocenters. The first-order chi connectivity index (χ1) is 16.7. The van der Waals surface area contributed by atoms with Gasteiger partial charge in [0.15, 0.2) is 6.10 Å². The molecule has 1 aliphatic rings. The van der Waals surface area contributed by atoms with Crippen molar-refractivity contribution in [2.24, 2.45) is 0 Å². The predicted octanol–water partition coefficient (Wildman–Crippen LogP) is 2.06. The molecule has 0 bridgehead atoms. The molecule has 11 nitrogen and oxygen atoms in total. The Labute approximate surface area is 199 Å². The molecule has 190 valence electrons. The predicted molar refractivity (Wildman–Crippen MR) is 117 cm³/mol. The quantitative estimate of drug-likeness (QED) is 0.373. The largest absolute Gasteiger partial charge is 0.463 e. The first-order valence-electron chi connectivity index (χ1n) is 11.0. The molecule has 1 fully saturated rings. The van der Waals surface area contributed by atoms with Crippen molar-refractivity contribution in [3.63, 3.8) is 0 Å². The van der Waals surface area contributed by atoms with Gasteiger partial charge in [0.1, 0.15) is 18.5 Å². The van der Waals surface area contributed by atoms with Crippen molar-refractivity contribution in [2.45, 2.75) is 57.0 Å². The van der Waals surface area contributed by atoms with Crippen LogP contribution in [0.5, 0.6) is 0 Å². The van der Waals surface area contributed by atoms with Crippen molar-refractivity contribution in [1.29, 1.82) is 0 Å². The number of anilines is 1. The summed E-state index contributed by atoms with van der Waals surface area (Å²) in [7, 11) is 0. The van der Waals surface area contributed by atoms with Crippen LogP contribution < -0.4 is 11.0 Å². The maximum Gasteiger partial charge on any atom is 0.412 e. The lowest BCUT2D eigenvalue weighted by Gasteiger charge is -2.23. The topological polar surface area (TPSA) is 142 Å². The molecule has 0 radical (unpaired) electrons. The van der Waals surface area contributed by atoms with Gasteiger partial charge in [-0.25, -0.2) is 19.1 Å². The highest BCUT2D eigenvalue weighted by Crippen LogP contribution is 2.43. The van der Waals surface area contributed by atoms with Gasteiger partial charge in [-0.3, -0.25) is 15.1 Å². The summed E-state index contributed by atoms with van der Waals surface area (Å²) in [5.74, 6) is -5.02. The third kappa shape index (κ3) is 6.57. The Morgan fingerprint density at radius 2 is 2.09 bits per heavy atom. The van der Waals surface area contributed by atoms with Crippen LogP contribution in [-0.4, -0.2) is 63.0 Å². The second-order valence-corrected chi connectivity index (χ2v) is 7.79. The van der Waals surface area contributed by atoms with E-state index in [9.17, 15) is 28.3 Å². The van der Waals surface area contributed by atoms with Gasteiger partial charge in [-0.1, -0.05) is 19.4 Å². The van der Waals surface area contributed by atoms with E-state index < -0.39 is 48.7 Å². The van der Waals surface area contributed by atoms with Crippen molar-refractivity contribution >= 4 is 17.9 Å². The second-order valence-electron chi connectivity index (χ2n) is 7.79. The molecule has 0 spiro atoms. The van der Waals surface area contributed by atoms with Crippen molar-refractivity contribution in [2.75, 3.05) is 18.5 Å². The molecule has 0 aromatic carbocycles. The lowest BCUT2D eigenvalue weighted by molar-refractivity contribution is -0.150. The molecule has 2 N–H and O–H groups in total. The van der Waals surface area contributed by atoms with Gasteiger partial charge in [0, 0.05) is 25.0 Å². The molecule has 2 aromatic heterocycles. The molecule has 1 aliphatic heterocycles. The number of hydrogen-bond donors (Lipinski definition) is 2. The first-order valence-corrected chi connectivity index (χ1v) is 11.0. The van der Waals surface area contributed by atoms with Gasteiger partial charge in [0.05, 0.1) is 6.61 Å². The molecule has 35 heavy (non-hydrogen) atoms. The summed E-state index contributed by atoms with van der Waals surface area (Å²) in [6.45, 7) is 1.32. The van der Waals surface area contributed by atoms with Crippen LogP contribution in [0.25, 0.3) is 0 Å². The summed E-state index contributed by atoms with van der Waals surface area (Å²) in [5, 5.41) is 12.4. The Hall–Kier alpha value is -3.45. The summed E-state index contributed by atoms with van der Waals surface area (Å²) in [5.41, 5.74) is -0.361. The summed E-state index contributed by atoms with van der Waals surface area (Å²) in [4.78, 5) is 43.7. The fourth-order valence-corrected chi connectivity index (χ4v) is 3.32. The zero-order valence-corrected chi connectivity index (χ0v) is 18.9. The number of aliphatic hydroxyl groups is 1. The Balaban J connectivity index is 1.67. The summed E-state index contributed by atoms with van der Waals surface area (Å²) in [6, 6.07) is 4.59. The first kappa shape index (κ1) is 26.2. The number of hydrogen-bond acceptors (Lipinski definition) is 9. The van der Waals surface area contributed by atoms with Crippen LogP contribution >= 0.6 is 0 Å². The molecular formula is C22H26F2N4O7. The van der Waals surface area contributed by atoms with E-state index in [0.717, 1.165) is 24.2 Å². The summed E-state index contributed by atoms with van der Waals surface area (Å²) in [6.07, 6.45) is -1.46. The highest BCUT2D eigenvalue weighted by molar-refractivity contribution is 5.83. The highest BCUT2D eigenvalue weighted by Gasteiger charge is 2.60. The third-order valence-corrected chi connectivity index (χ3v) is 5.21. The average Bonchev–Trinajstić information content (AvgIpc) is 3.05. The molecular weight excluding hydrogens is 470 g/mol. The highest BCUT2D eigenvalue weighted by atomic mass is 19.3. The van der Waals surface area contributed by atoms with Crippen LogP contribution in [0.3, 0.4) is 0 Å². The average molecular weight is 496 g/mol. The number of unbranched alkanes of at least 4 members (excludes halogenated alkanes) is 1. The number of alkyl halides is 2. The number of esters is 1. The molecule has 3 rings (SSSR count). The number of amides is 1. The lowest BCUT2D eigenvalue weighted by atomic mass is 10.1. The Morgan fingerprint density at radius 1 is 1.29 bits per heavy atom. The standard InChI is InChI=1S/C22H26F2N4O7/c1-2-3-11-33-21(32)27-16-8-10-26-20(31)28(16)19-22(23,24)18(30)15(35-19)13-34-17(29)7-6-14-5-4-9-25-12-14/h4-5,8-10,12,15,18-19,30H,2-3,6-7,11,13H2,1H3,(H,27,32)/t15-,18-,19-/m1/s1. The van der Waals surface area contributed by atoms with Crippen LogP contribution in [0.2, 0.25) is 0 Å². The van der Waals surface area contributed by atoms with E-state index in [-0.39, 0.29) is 18.8 Å². The maximum atomic E-state index is 14.9. The number of halogens is 2. The molecule has 1 amide bonds. The fourth-order valence-electron chi connectivity index (χ4n) is 3.32. The molecule has 3 atom stereocenters. The molecule has 1 saturated heterocycles. The molecule has 0 saturated carbocycles. The number of aryl methyl sites for hydroxylation is 1. The number of carbonyl (C=O) groups excluding carboxylic acids is 2. The zero-order valence-electron chi connectivity index (χ0n) is 18.9. The van der Waals surface area contributed by atoms with Crippen LogP contribution in [0.1, 0.15) is 38.0 Å². The summed E-state index contributed by atoms with van der Waals surface area (Å²) < 4.78 is 45.4. The smallest absolute Gasteiger partial charge is 0.412 e. The summed E-state index contributed by atoms with van der Waals surface area (Å²) >= 11 is 0. The van der Waals surface area contributed by atoms with E-state index in [1.54, 1.807) is 24.5 Å². The minimum Gasteiger partial charge on any atom is -0.463 e. The SMILES string of the molecule is CCCCOC(=O)Nc1ccnc(=O)n1[C@@H]1O[C@H](COC(=O)CCc2cccnc2)[C@@H](O)C1(F)F. The number of nitrogens with one attached hydrogen (secondary N) is 1. The number of pyridine rings is 1. The monoisotopic (exact) mass is 496 g/mol. The lowest BCUT2D eigenvalue weighted by Crippen LogP contribution is -2.42. The third-order valence-electron chi connectivity index (χ3n) is 5.21. The van der Waals surface area contributed by atoms with E-state index in [1.165, 1.54) is 0 Å². The van der Waals surface area contributed by atoms with Gasteiger partial charge in [0.2, 0.25) is 6.23 Å². The number of aromatic nitrogens is 3. The minimum absolute atomic E-state index is 0.0371. The van der Waals surface area contributed by atoms with Gasteiger partial charge in [-0.05, 0) is 30.5 Å². The fraction of sp³-hybridized carbons (Fsp3) is 0.500. The minimum atomic E-state index is -3.97. The molecule has 0 aliphatic carbocycles. The van der Waals surface area contributed by atoms with Crippen LogP contribution in [0.15, 0.2) is 41.6 Å². The zero-order chi connectivity index (χ0) is 25.4. The van der Waals surface area contributed by atoms with Gasteiger partial charge >= 0.3 is 23.7 Å². The van der Waals surface area contributed by atoms with E-state index >= 15 is 0 Å². The van der Waals surface area contributed by atoms with Gasteiger partial charge in [-0.15, -0.1) is 0 Å². The number of aliphatic hydroxyl groups excluding tert-OH is 1. The van der Waals surface area contributed by atoms with Gasteiger partial charge in [0.25, 0.3) is 0 Å². The van der Waals surface area contributed by atoms with E-state index in [2.05, 4.69) is 15.3 Å². The molecule has 13 heteroatoms.